The second-order valence-electron chi connectivity index (χ2n) is 5.90. The number of rotatable bonds is 5. The molecule has 0 aromatic heterocycles. The highest BCUT2D eigenvalue weighted by Crippen LogP contribution is 2.20. The van der Waals surface area contributed by atoms with Crippen LogP contribution in [0.3, 0.4) is 0 Å². The third-order valence-electron chi connectivity index (χ3n) is 4.12. The Morgan fingerprint density at radius 2 is 2.12 bits per heavy atom. The molecule has 2 N–H and O–H groups in total. The summed E-state index contributed by atoms with van der Waals surface area (Å²) >= 11 is 0. The van der Waals surface area contributed by atoms with E-state index in [0.717, 1.165) is 13.0 Å². The summed E-state index contributed by atoms with van der Waals surface area (Å²) in [6.07, 6.45) is 0.926. The highest BCUT2D eigenvalue weighted by Gasteiger charge is 2.28. The molecular weight excluding hydrogens is 352 g/mol. The van der Waals surface area contributed by atoms with E-state index in [1.54, 1.807) is 26.0 Å². The van der Waals surface area contributed by atoms with Crippen molar-refractivity contribution in [3.05, 3.63) is 29.3 Å². The Morgan fingerprint density at radius 1 is 1.42 bits per heavy atom. The largest absolute Gasteiger partial charge is 0.462 e. The third kappa shape index (κ3) is 4.92. The summed E-state index contributed by atoms with van der Waals surface area (Å²) in [5.74, 6) is -0.253. The summed E-state index contributed by atoms with van der Waals surface area (Å²) in [4.78, 5) is 12.0. The molecule has 0 saturated carbocycles. The van der Waals surface area contributed by atoms with E-state index in [2.05, 4.69) is 10.0 Å². The molecular formula is C16H25ClN2O4S. The Hall–Kier alpha value is -1.15. The predicted octanol–water partition coefficient (Wildman–Crippen LogP) is 1.87. The molecule has 2 unspecified atom stereocenters. The lowest BCUT2D eigenvalue weighted by molar-refractivity contribution is 0.0526. The van der Waals surface area contributed by atoms with Crippen molar-refractivity contribution < 1.29 is 17.9 Å². The van der Waals surface area contributed by atoms with Gasteiger partial charge in [0.25, 0.3) is 0 Å². The minimum absolute atomic E-state index is 0. The molecule has 0 bridgehead atoms. The Bertz CT molecular complexity index is 679. The SMILES string of the molecule is CCOC(=O)c1ccc(C)c(S(=O)(=O)NC2CNCCC2C)c1.Cl. The topological polar surface area (TPSA) is 84.5 Å². The fourth-order valence-electron chi connectivity index (χ4n) is 2.64. The highest BCUT2D eigenvalue weighted by molar-refractivity contribution is 7.89. The zero-order valence-corrected chi connectivity index (χ0v) is 15.8. The molecule has 0 spiro atoms. The maximum absolute atomic E-state index is 12.7. The number of nitrogens with one attached hydrogen (secondary N) is 2. The smallest absolute Gasteiger partial charge is 0.338 e. The molecule has 24 heavy (non-hydrogen) atoms. The van der Waals surface area contributed by atoms with Gasteiger partial charge in [0, 0.05) is 12.6 Å². The summed E-state index contributed by atoms with van der Waals surface area (Å²) in [5.41, 5.74) is 0.842. The number of hydrogen-bond donors (Lipinski definition) is 2. The fourth-order valence-corrected chi connectivity index (χ4v) is 4.26. The lowest BCUT2D eigenvalue weighted by Gasteiger charge is -2.30. The van der Waals surface area contributed by atoms with Crippen LogP contribution >= 0.6 is 12.4 Å². The van der Waals surface area contributed by atoms with Crippen LogP contribution in [-0.4, -0.2) is 40.1 Å². The first-order valence-electron chi connectivity index (χ1n) is 7.86. The van der Waals surface area contributed by atoms with Gasteiger partial charge < -0.3 is 10.1 Å². The molecule has 0 amide bonds. The second-order valence-corrected chi connectivity index (χ2v) is 7.58. The highest BCUT2D eigenvalue weighted by atomic mass is 35.5. The molecule has 1 aromatic rings. The van der Waals surface area contributed by atoms with E-state index in [1.807, 2.05) is 6.92 Å². The standard InChI is InChI=1S/C16H24N2O4S.ClH/c1-4-22-16(19)13-6-5-12(3)15(9-13)23(20,21)18-14-10-17-8-7-11(14)2;/h5-6,9,11,14,17-18H,4,7-8,10H2,1-3H3;1H. The van der Waals surface area contributed by atoms with Gasteiger partial charge >= 0.3 is 5.97 Å². The van der Waals surface area contributed by atoms with Gasteiger partial charge in [0.1, 0.15) is 0 Å². The van der Waals surface area contributed by atoms with Crippen LogP contribution < -0.4 is 10.0 Å². The maximum atomic E-state index is 12.7. The van der Waals surface area contributed by atoms with Crippen molar-refractivity contribution in [2.45, 2.75) is 38.1 Å². The lowest BCUT2D eigenvalue weighted by atomic mass is 9.96. The van der Waals surface area contributed by atoms with Gasteiger partial charge in [-0.1, -0.05) is 13.0 Å². The van der Waals surface area contributed by atoms with E-state index in [0.29, 0.717) is 12.1 Å². The van der Waals surface area contributed by atoms with E-state index in [4.69, 9.17) is 4.74 Å². The van der Waals surface area contributed by atoms with Crippen molar-refractivity contribution in [1.82, 2.24) is 10.0 Å². The van der Waals surface area contributed by atoms with Crippen LogP contribution in [0.5, 0.6) is 0 Å². The van der Waals surface area contributed by atoms with E-state index < -0.39 is 16.0 Å². The van der Waals surface area contributed by atoms with Crippen LogP contribution in [-0.2, 0) is 14.8 Å². The van der Waals surface area contributed by atoms with Crippen LogP contribution in [0.2, 0.25) is 0 Å². The van der Waals surface area contributed by atoms with E-state index in [9.17, 15) is 13.2 Å². The van der Waals surface area contributed by atoms with Gasteiger partial charge in [-0.15, -0.1) is 12.4 Å². The van der Waals surface area contributed by atoms with Crippen molar-refractivity contribution in [1.29, 1.82) is 0 Å². The average Bonchev–Trinajstić information content (AvgIpc) is 2.50. The zero-order chi connectivity index (χ0) is 17.0. The molecule has 8 heteroatoms. The molecule has 1 fully saturated rings. The number of carbonyl (C=O) groups is 1. The van der Waals surface area contributed by atoms with Crippen molar-refractivity contribution in [3.63, 3.8) is 0 Å². The van der Waals surface area contributed by atoms with Crippen molar-refractivity contribution in [2.75, 3.05) is 19.7 Å². The number of aryl methyl sites for hydroxylation is 1. The normalized spacial score (nSPS) is 21.0. The molecule has 0 aliphatic carbocycles. The van der Waals surface area contributed by atoms with Crippen LogP contribution in [0.25, 0.3) is 0 Å². The molecule has 1 aliphatic heterocycles. The summed E-state index contributed by atoms with van der Waals surface area (Å²) in [6.45, 7) is 7.22. The average molecular weight is 377 g/mol. The van der Waals surface area contributed by atoms with Crippen LogP contribution in [0.1, 0.15) is 36.2 Å². The van der Waals surface area contributed by atoms with Crippen molar-refractivity contribution in [2.24, 2.45) is 5.92 Å². The van der Waals surface area contributed by atoms with Gasteiger partial charge in [-0.3, -0.25) is 0 Å². The van der Waals surface area contributed by atoms with Crippen LogP contribution in [0, 0.1) is 12.8 Å². The van der Waals surface area contributed by atoms with Gasteiger partial charge in [0.05, 0.1) is 17.1 Å². The quantitative estimate of drug-likeness (QED) is 0.766. The number of hydrogen-bond acceptors (Lipinski definition) is 5. The molecule has 1 aromatic carbocycles. The molecule has 1 heterocycles. The number of piperidine rings is 1. The van der Waals surface area contributed by atoms with E-state index >= 15 is 0 Å². The van der Waals surface area contributed by atoms with Crippen molar-refractivity contribution >= 4 is 28.4 Å². The predicted molar refractivity (Wildman–Crippen MR) is 95.1 cm³/mol. The number of ether oxygens (including phenoxy) is 1. The number of carbonyl (C=O) groups excluding carboxylic acids is 1. The van der Waals surface area contributed by atoms with Gasteiger partial charge in [-0.25, -0.2) is 17.9 Å². The Balaban J connectivity index is 0.00000288. The molecule has 0 radical (unpaired) electrons. The first-order valence-corrected chi connectivity index (χ1v) is 9.34. The number of esters is 1. The summed E-state index contributed by atoms with van der Waals surface area (Å²) in [5, 5.41) is 3.20. The van der Waals surface area contributed by atoms with Crippen LogP contribution in [0.15, 0.2) is 23.1 Å². The van der Waals surface area contributed by atoms with Gasteiger partial charge in [-0.2, -0.15) is 0 Å². The molecule has 2 rings (SSSR count). The fraction of sp³-hybridized carbons (Fsp3) is 0.562. The molecule has 6 nitrogen and oxygen atoms in total. The Kier molecular flexibility index (Phi) is 7.66. The summed E-state index contributed by atoms with van der Waals surface area (Å²) in [7, 11) is -3.69. The third-order valence-corrected chi connectivity index (χ3v) is 5.75. The Morgan fingerprint density at radius 3 is 2.75 bits per heavy atom. The van der Waals surface area contributed by atoms with Crippen LogP contribution in [0.4, 0.5) is 0 Å². The lowest BCUT2D eigenvalue weighted by Crippen LogP contribution is -2.50. The number of sulfonamides is 1. The maximum Gasteiger partial charge on any atom is 0.338 e. The minimum atomic E-state index is -3.69. The Labute approximate surface area is 149 Å². The summed E-state index contributed by atoms with van der Waals surface area (Å²) < 4.78 is 33.1. The molecule has 2 atom stereocenters. The molecule has 1 aliphatic rings. The summed E-state index contributed by atoms with van der Waals surface area (Å²) in [6, 6.07) is 4.44. The number of benzene rings is 1. The molecule has 136 valence electrons. The van der Waals surface area contributed by atoms with E-state index in [-0.39, 0.29) is 41.4 Å². The molecule has 1 saturated heterocycles. The second kappa shape index (κ2) is 8.80. The first-order chi connectivity index (χ1) is 10.8. The zero-order valence-electron chi connectivity index (χ0n) is 14.2. The van der Waals surface area contributed by atoms with Gasteiger partial charge in [0.15, 0.2) is 0 Å². The van der Waals surface area contributed by atoms with Gasteiger partial charge in [0.2, 0.25) is 10.0 Å². The minimum Gasteiger partial charge on any atom is -0.462 e. The van der Waals surface area contributed by atoms with Crippen molar-refractivity contribution in [3.8, 4) is 0 Å². The number of halogens is 1. The van der Waals surface area contributed by atoms with E-state index in [1.165, 1.54) is 6.07 Å². The monoisotopic (exact) mass is 376 g/mol. The van der Waals surface area contributed by atoms with Gasteiger partial charge in [-0.05, 0) is 50.4 Å². The first kappa shape index (κ1) is 20.9.